The molecule has 1 saturated heterocycles. The largest absolute Gasteiger partial charge is 0.479 e. The third kappa shape index (κ3) is 3.30. The molecular formula is C10H17NO4S. The van der Waals surface area contributed by atoms with Crippen LogP contribution < -0.4 is 5.32 Å². The van der Waals surface area contributed by atoms with Crippen LogP contribution in [0.15, 0.2) is 0 Å². The standard InChI is InChI=1S/C10H17NO4S/c1-7(2)5-15-9(14)11-10(8(12)13)3-4-16-6-10/h7H,3-6H2,1-2H3,(H,11,14)(H,12,13). The summed E-state index contributed by atoms with van der Waals surface area (Å²) < 4.78 is 4.92. The van der Waals surface area contributed by atoms with E-state index in [2.05, 4.69) is 5.32 Å². The van der Waals surface area contributed by atoms with Crippen molar-refractivity contribution >= 4 is 23.8 Å². The minimum absolute atomic E-state index is 0.240. The Hall–Kier alpha value is -0.910. The lowest BCUT2D eigenvalue weighted by Gasteiger charge is -2.24. The Morgan fingerprint density at radius 2 is 2.25 bits per heavy atom. The number of rotatable bonds is 4. The predicted molar refractivity (Wildman–Crippen MR) is 61.6 cm³/mol. The molecule has 0 bridgehead atoms. The molecule has 0 aromatic heterocycles. The first-order valence-electron chi connectivity index (χ1n) is 5.22. The van der Waals surface area contributed by atoms with Gasteiger partial charge in [-0.05, 0) is 18.1 Å². The van der Waals surface area contributed by atoms with Crippen molar-refractivity contribution in [2.24, 2.45) is 5.92 Å². The summed E-state index contributed by atoms with van der Waals surface area (Å²) in [7, 11) is 0. The molecule has 1 atom stereocenters. The van der Waals surface area contributed by atoms with Gasteiger partial charge in [-0.15, -0.1) is 0 Å². The molecule has 0 saturated carbocycles. The number of hydrogen-bond donors (Lipinski definition) is 2. The molecule has 92 valence electrons. The molecule has 1 heterocycles. The van der Waals surface area contributed by atoms with E-state index in [0.717, 1.165) is 5.75 Å². The van der Waals surface area contributed by atoms with Crippen LogP contribution in [0, 0.1) is 5.92 Å². The van der Waals surface area contributed by atoms with E-state index < -0.39 is 17.6 Å². The SMILES string of the molecule is CC(C)COC(=O)NC1(C(=O)O)CCSC1. The van der Waals surface area contributed by atoms with E-state index in [1.807, 2.05) is 13.8 Å². The second kappa shape index (κ2) is 5.43. The Labute approximate surface area is 98.9 Å². The fraction of sp³-hybridized carbons (Fsp3) is 0.800. The summed E-state index contributed by atoms with van der Waals surface area (Å²) in [6, 6.07) is 0. The number of carbonyl (C=O) groups is 2. The maximum absolute atomic E-state index is 11.4. The van der Waals surface area contributed by atoms with Gasteiger partial charge in [0.2, 0.25) is 0 Å². The number of hydrogen-bond acceptors (Lipinski definition) is 4. The quantitative estimate of drug-likeness (QED) is 0.783. The molecule has 1 aliphatic rings. The van der Waals surface area contributed by atoms with Crippen molar-refractivity contribution < 1.29 is 19.4 Å². The monoisotopic (exact) mass is 247 g/mol. The topological polar surface area (TPSA) is 75.6 Å². The van der Waals surface area contributed by atoms with Crippen LogP contribution in [0.3, 0.4) is 0 Å². The Morgan fingerprint density at radius 3 is 2.69 bits per heavy atom. The van der Waals surface area contributed by atoms with Crippen LogP contribution in [0.25, 0.3) is 0 Å². The van der Waals surface area contributed by atoms with E-state index >= 15 is 0 Å². The average molecular weight is 247 g/mol. The lowest BCUT2D eigenvalue weighted by atomic mass is 10.00. The molecule has 2 N–H and O–H groups in total. The van der Waals surface area contributed by atoms with Gasteiger partial charge in [0.25, 0.3) is 0 Å². The fourth-order valence-corrected chi connectivity index (χ4v) is 2.69. The van der Waals surface area contributed by atoms with Gasteiger partial charge in [-0.3, -0.25) is 0 Å². The van der Waals surface area contributed by atoms with E-state index in [1.54, 1.807) is 0 Å². The minimum Gasteiger partial charge on any atom is -0.479 e. The Bertz CT molecular complexity index is 274. The van der Waals surface area contributed by atoms with Crippen LogP contribution >= 0.6 is 11.8 Å². The van der Waals surface area contributed by atoms with Crippen molar-refractivity contribution in [3.63, 3.8) is 0 Å². The van der Waals surface area contributed by atoms with Gasteiger partial charge in [-0.25, -0.2) is 9.59 Å². The molecule has 0 spiro atoms. The second-order valence-corrected chi connectivity index (χ2v) is 5.41. The molecule has 1 rings (SSSR count). The van der Waals surface area contributed by atoms with E-state index in [9.17, 15) is 9.59 Å². The van der Waals surface area contributed by atoms with Crippen LogP contribution in [0.1, 0.15) is 20.3 Å². The van der Waals surface area contributed by atoms with Gasteiger partial charge in [0.1, 0.15) is 0 Å². The highest BCUT2D eigenvalue weighted by Crippen LogP contribution is 2.28. The van der Waals surface area contributed by atoms with Crippen molar-refractivity contribution in [1.29, 1.82) is 0 Å². The van der Waals surface area contributed by atoms with Crippen molar-refractivity contribution in [2.45, 2.75) is 25.8 Å². The zero-order valence-electron chi connectivity index (χ0n) is 9.49. The molecule has 1 aliphatic heterocycles. The maximum atomic E-state index is 11.4. The number of carbonyl (C=O) groups excluding carboxylic acids is 1. The number of amides is 1. The summed E-state index contributed by atoms with van der Waals surface area (Å²) in [5.74, 6) is 0.402. The molecule has 1 fully saturated rings. The van der Waals surface area contributed by atoms with E-state index in [-0.39, 0.29) is 5.92 Å². The molecule has 0 aliphatic carbocycles. The molecule has 0 radical (unpaired) electrons. The Kier molecular flexibility index (Phi) is 4.46. The summed E-state index contributed by atoms with van der Waals surface area (Å²) in [5, 5.41) is 11.6. The van der Waals surface area contributed by atoms with Crippen molar-refractivity contribution in [2.75, 3.05) is 18.1 Å². The summed E-state index contributed by atoms with van der Waals surface area (Å²) >= 11 is 1.52. The van der Waals surface area contributed by atoms with Crippen LogP contribution in [0.5, 0.6) is 0 Å². The number of nitrogens with one attached hydrogen (secondary N) is 1. The number of ether oxygens (including phenoxy) is 1. The number of aliphatic carboxylic acids is 1. The zero-order chi connectivity index (χ0) is 12.2. The van der Waals surface area contributed by atoms with Gasteiger partial charge in [0, 0.05) is 5.75 Å². The normalized spacial score (nSPS) is 24.4. The first kappa shape index (κ1) is 13.2. The highest BCUT2D eigenvalue weighted by atomic mass is 32.2. The van der Waals surface area contributed by atoms with Gasteiger partial charge < -0.3 is 15.2 Å². The molecule has 0 aromatic rings. The van der Waals surface area contributed by atoms with Crippen LogP contribution in [-0.2, 0) is 9.53 Å². The molecule has 6 heteroatoms. The van der Waals surface area contributed by atoms with Crippen LogP contribution in [0.4, 0.5) is 4.79 Å². The highest BCUT2D eigenvalue weighted by molar-refractivity contribution is 7.99. The van der Waals surface area contributed by atoms with Gasteiger partial charge in [0.05, 0.1) is 6.61 Å². The lowest BCUT2D eigenvalue weighted by Crippen LogP contribution is -2.55. The maximum Gasteiger partial charge on any atom is 0.408 e. The average Bonchev–Trinajstić information content (AvgIpc) is 2.64. The summed E-state index contributed by atoms with van der Waals surface area (Å²) in [5.41, 5.74) is -1.14. The number of carboxylic acid groups (broad SMARTS) is 1. The van der Waals surface area contributed by atoms with E-state index in [4.69, 9.17) is 9.84 Å². The number of alkyl carbamates (subject to hydrolysis) is 1. The van der Waals surface area contributed by atoms with Crippen molar-refractivity contribution in [1.82, 2.24) is 5.32 Å². The third-order valence-electron chi connectivity index (χ3n) is 2.32. The fourth-order valence-electron chi connectivity index (χ4n) is 1.36. The molecular weight excluding hydrogens is 230 g/mol. The van der Waals surface area contributed by atoms with E-state index in [0.29, 0.717) is 18.8 Å². The summed E-state index contributed by atoms with van der Waals surface area (Å²) in [6.07, 6.45) is -0.192. The molecule has 1 amide bonds. The van der Waals surface area contributed by atoms with Crippen LogP contribution in [0.2, 0.25) is 0 Å². The second-order valence-electron chi connectivity index (χ2n) is 4.31. The summed E-state index contributed by atoms with van der Waals surface area (Å²) in [4.78, 5) is 22.5. The minimum atomic E-state index is -1.14. The van der Waals surface area contributed by atoms with Gasteiger partial charge in [-0.2, -0.15) is 11.8 Å². The summed E-state index contributed by atoms with van der Waals surface area (Å²) in [6.45, 7) is 4.14. The molecule has 0 aromatic carbocycles. The first-order chi connectivity index (χ1) is 7.46. The van der Waals surface area contributed by atoms with Crippen molar-refractivity contribution in [3.05, 3.63) is 0 Å². The highest BCUT2D eigenvalue weighted by Gasteiger charge is 2.43. The smallest absolute Gasteiger partial charge is 0.408 e. The first-order valence-corrected chi connectivity index (χ1v) is 6.38. The van der Waals surface area contributed by atoms with Gasteiger partial charge in [-0.1, -0.05) is 13.8 Å². The Morgan fingerprint density at radius 1 is 1.56 bits per heavy atom. The number of carboxylic acids is 1. The van der Waals surface area contributed by atoms with Crippen LogP contribution in [-0.4, -0.2) is 40.8 Å². The molecule has 5 nitrogen and oxygen atoms in total. The van der Waals surface area contributed by atoms with Gasteiger partial charge in [0.15, 0.2) is 5.54 Å². The van der Waals surface area contributed by atoms with Gasteiger partial charge >= 0.3 is 12.1 Å². The predicted octanol–water partition coefficient (Wildman–Crippen LogP) is 1.33. The third-order valence-corrected chi connectivity index (χ3v) is 3.51. The molecule has 16 heavy (non-hydrogen) atoms. The van der Waals surface area contributed by atoms with E-state index in [1.165, 1.54) is 11.8 Å². The lowest BCUT2D eigenvalue weighted by molar-refractivity contribution is -0.143. The van der Waals surface area contributed by atoms with Crippen molar-refractivity contribution in [3.8, 4) is 0 Å². The Balaban J connectivity index is 2.49. The number of thioether (sulfide) groups is 1. The molecule has 1 unspecified atom stereocenters. The zero-order valence-corrected chi connectivity index (χ0v) is 10.3.